The standard InChI is InChI=1S/C17H15N3O4/c1-24-11-10-19-14-8-4-2-6-12(14)16(18-19)17(21)13-7-3-5-9-15(13)20(22)23/h2-9H,10-11H2,1H3. The highest BCUT2D eigenvalue weighted by Crippen LogP contribution is 2.25. The lowest BCUT2D eigenvalue weighted by Crippen LogP contribution is -2.09. The van der Waals surface area contributed by atoms with E-state index in [9.17, 15) is 14.9 Å². The van der Waals surface area contributed by atoms with Gasteiger partial charge in [-0.05, 0) is 12.1 Å². The topological polar surface area (TPSA) is 87.3 Å². The molecule has 3 rings (SSSR count). The number of hydrogen-bond donors (Lipinski definition) is 0. The minimum atomic E-state index is -0.558. The number of aromatic nitrogens is 2. The maximum Gasteiger partial charge on any atom is 0.280 e. The highest BCUT2D eigenvalue weighted by atomic mass is 16.6. The van der Waals surface area contributed by atoms with Crippen molar-refractivity contribution in [1.29, 1.82) is 0 Å². The van der Waals surface area contributed by atoms with Gasteiger partial charge in [0, 0.05) is 18.6 Å². The van der Waals surface area contributed by atoms with Crippen LogP contribution in [0.4, 0.5) is 5.69 Å². The molecule has 0 aliphatic heterocycles. The molecule has 122 valence electrons. The van der Waals surface area contributed by atoms with E-state index in [0.717, 1.165) is 5.52 Å². The number of carbonyl (C=O) groups excluding carboxylic acids is 1. The predicted octanol–water partition coefficient (Wildman–Crippen LogP) is 2.82. The Morgan fingerprint density at radius 1 is 1.21 bits per heavy atom. The van der Waals surface area contributed by atoms with Gasteiger partial charge in [0.1, 0.15) is 11.3 Å². The SMILES string of the molecule is COCCn1nc(C(=O)c2ccccc2[N+](=O)[O-])c2ccccc21. The van der Waals surface area contributed by atoms with Crippen molar-refractivity contribution in [3.63, 3.8) is 0 Å². The summed E-state index contributed by atoms with van der Waals surface area (Å²) in [5.41, 5.74) is 0.801. The Labute approximate surface area is 137 Å². The molecule has 0 saturated heterocycles. The lowest BCUT2D eigenvalue weighted by atomic mass is 10.0. The first kappa shape index (κ1) is 15.8. The number of nitrogens with zero attached hydrogens (tertiary/aromatic N) is 3. The zero-order valence-corrected chi connectivity index (χ0v) is 13.0. The van der Waals surface area contributed by atoms with Crippen molar-refractivity contribution >= 4 is 22.4 Å². The van der Waals surface area contributed by atoms with Gasteiger partial charge in [0.15, 0.2) is 0 Å². The summed E-state index contributed by atoms with van der Waals surface area (Å²) in [6.45, 7) is 0.936. The molecule has 2 aromatic carbocycles. The van der Waals surface area contributed by atoms with Crippen LogP contribution in [0.25, 0.3) is 10.9 Å². The molecule has 1 heterocycles. The van der Waals surface area contributed by atoms with E-state index in [1.165, 1.54) is 18.2 Å². The number of ether oxygens (including phenoxy) is 1. The summed E-state index contributed by atoms with van der Waals surface area (Å²) in [5.74, 6) is -0.463. The summed E-state index contributed by atoms with van der Waals surface area (Å²) >= 11 is 0. The van der Waals surface area contributed by atoms with Gasteiger partial charge in [0.25, 0.3) is 5.69 Å². The largest absolute Gasteiger partial charge is 0.383 e. The summed E-state index contributed by atoms with van der Waals surface area (Å²) in [6, 6.07) is 13.2. The third-order valence-corrected chi connectivity index (χ3v) is 3.73. The Hall–Kier alpha value is -3.06. The van der Waals surface area contributed by atoms with Gasteiger partial charge in [-0.15, -0.1) is 0 Å². The highest BCUT2D eigenvalue weighted by Gasteiger charge is 2.25. The number of nitro benzene ring substituents is 1. The average Bonchev–Trinajstić information content (AvgIpc) is 2.98. The van der Waals surface area contributed by atoms with Crippen LogP contribution >= 0.6 is 0 Å². The summed E-state index contributed by atoms with van der Waals surface area (Å²) < 4.78 is 6.75. The predicted molar refractivity (Wildman–Crippen MR) is 88.1 cm³/mol. The van der Waals surface area contributed by atoms with Crippen LogP contribution in [-0.4, -0.2) is 34.2 Å². The Morgan fingerprint density at radius 3 is 2.67 bits per heavy atom. The van der Waals surface area contributed by atoms with Crippen LogP contribution in [0, 0.1) is 10.1 Å². The second kappa shape index (κ2) is 6.59. The van der Waals surface area contributed by atoms with Gasteiger partial charge in [-0.3, -0.25) is 19.6 Å². The van der Waals surface area contributed by atoms with Crippen molar-refractivity contribution < 1.29 is 14.5 Å². The van der Waals surface area contributed by atoms with E-state index in [1.54, 1.807) is 30.0 Å². The minimum Gasteiger partial charge on any atom is -0.383 e. The van der Waals surface area contributed by atoms with Gasteiger partial charge in [0.2, 0.25) is 5.78 Å². The molecule has 0 N–H and O–H groups in total. The van der Waals surface area contributed by atoms with Crippen LogP contribution < -0.4 is 0 Å². The second-order valence-electron chi connectivity index (χ2n) is 5.19. The number of para-hydroxylation sites is 2. The molecule has 1 aromatic heterocycles. The van der Waals surface area contributed by atoms with Crippen LogP contribution in [0.2, 0.25) is 0 Å². The van der Waals surface area contributed by atoms with E-state index >= 15 is 0 Å². The van der Waals surface area contributed by atoms with E-state index in [1.807, 2.05) is 12.1 Å². The van der Waals surface area contributed by atoms with Crippen LogP contribution in [-0.2, 0) is 11.3 Å². The first-order valence-electron chi connectivity index (χ1n) is 7.36. The van der Waals surface area contributed by atoms with E-state index in [0.29, 0.717) is 18.5 Å². The van der Waals surface area contributed by atoms with Gasteiger partial charge >= 0.3 is 0 Å². The first-order valence-corrected chi connectivity index (χ1v) is 7.36. The smallest absolute Gasteiger partial charge is 0.280 e. The van der Waals surface area contributed by atoms with E-state index in [-0.39, 0.29) is 16.9 Å². The van der Waals surface area contributed by atoms with Gasteiger partial charge in [-0.1, -0.05) is 30.3 Å². The molecule has 0 aliphatic rings. The molecule has 7 nitrogen and oxygen atoms in total. The Bertz CT molecular complexity index is 917. The summed E-state index contributed by atoms with van der Waals surface area (Å²) in [4.78, 5) is 23.5. The van der Waals surface area contributed by atoms with Crippen LogP contribution in [0.3, 0.4) is 0 Å². The number of rotatable bonds is 6. The third kappa shape index (κ3) is 2.77. The van der Waals surface area contributed by atoms with E-state index in [4.69, 9.17) is 4.74 Å². The zero-order valence-electron chi connectivity index (χ0n) is 13.0. The Kier molecular flexibility index (Phi) is 4.35. The lowest BCUT2D eigenvalue weighted by molar-refractivity contribution is -0.385. The van der Waals surface area contributed by atoms with Gasteiger partial charge in [-0.2, -0.15) is 5.10 Å². The number of hydrogen-bond acceptors (Lipinski definition) is 5. The van der Waals surface area contributed by atoms with Gasteiger partial charge in [0.05, 0.1) is 23.6 Å². The monoisotopic (exact) mass is 325 g/mol. The highest BCUT2D eigenvalue weighted by molar-refractivity contribution is 6.16. The van der Waals surface area contributed by atoms with Crippen molar-refractivity contribution in [2.75, 3.05) is 13.7 Å². The Morgan fingerprint density at radius 2 is 1.92 bits per heavy atom. The Balaban J connectivity index is 2.13. The van der Waals surface area contributed by atoms with Crippen molar-refractivity contribution in [3.8, 4) is 0 Å². The fourth-order valence-electron chi connectivity index (χ4n) is 2.60. The molecule has 0 unspecified atom stereocenters. The van der Waals surface area contributed by atoms with E-state index < -0.39 is 10.7 Å². The number of benzene rings is 2. The van der Waals surface area contributed by atoms with Crippen LogP contribution in [0.5, 0.6) is 0 Å². The number of carbonyl (C=O) groups is 1. The van der Waals surface area contributed by atoms with Crippen molar-refractivity contribution in [1.82, 2.24) is 9.78 Å². The molecule has 24 heavy (non-hydrogen) atoms. The maximum absolute atomic E-state index is 12.9. The number of ketones is 1. The van der Waals surface area contributed by atoms with Crippen molar-refractivity contribution in [3.05, 3.63) is 69.9 Å². The number of fused-ring (bicyclic) bond motifs is 1. The van der Waals surface area contributed by atoms with Crippen molar-refractivity contribution in [2.45, 2.75) is 6.54 Å². The fraction of sp³-hybridized carbons (Fsp3) is 0.176. The van der Waals surface area contributed by atoms with Crippen molar-refractivity contribution in [2.24, 2.45) is 0 Å². The van der Waals surface area contributed by atoms with Gasteiger partial charge in [-0.25, -0.2) is 0 Å². The second-order valence-corrected chi connectivity index (χ2v) is 5.19. The van der Waals surface area contributed by atoms with Gasteiger partial charge < -0.3 is 4.74 Å². The molecule has 0 fully saturated rings. The fourth-order valence-corrected chi connectivity index (χ4v) is 2.60. The normalized spacial score (nSPS) is 10.9. The summed E-state index contributed by atoms with van der Waals surface area (Å²) in [6.07, 6.45) is 0. The summed E-state index contributed by atoms with van der Waals surface area (Å²) in [7, 11) is 1.59. The molecule has 0 saturated carbocycles. The maximum atomic E-state index is 12.9. The lowest BCUT2D eigenvalue weighted by Gasteiger charge is -2.01. The minimum absolute atomic E-state index is 0.0321. The molecule has 0 aliphatic carbocycles. The quantitative estimate of drug-likeness (QED) is 0.395. The van der Waals surface area contributed by atoms with Crippen LogP contribution in [0.1, 0.15) is 16.1 Å². The third-order valence-electron chi connectivity index (χ3n) is 3.73. The molecule has 7 heteroatoms. The first-order chi connectivity index (χ1) is 11.6. The number of nitro groups is 1. The molecule has 3 aromatic rings. The molecule has 0 spiro atoms. The average molecular weight is 325 g/mol. The molecular formula is C17H15N3O4. The zero-order chi connectivity index (χ0) is 17.1. The molecule has 0 radical (unpaired) electrons. The number of methoxy groups -OCH3 is 1. The molecule has 0 amide bonds. The molecule has 0 atom stereocenters. The summed E-state index contributed by atoms with van der Waals surface area (Å²) in [5, 5.41) is 16.2. The van der Waals surface area contributed by atoms with Crippen LogP contribution in [0.15, 0.2) is 48.5 Å². The molecular weight excluding hydrogens is 310 g/mol. The van der Waals surface area contributed by atoms with E-state index in [2.05, 4.69) is 5.10 Å². The molecule has 0 bridgehead atoms.